The number of nitrogens with zero attached hydrogens (tertiary/aromatic N) is 1. The number of anilines is 1. The van der Waals surface area contributed by atoms with Crippen molar-refractivity contribution in [2.75, 3.05) is 18.1 Å². The van der Waals surface area contributed by atoms with Gasteiger partial charge in [0.1, 0.15) is 5.82 Å². The molecule has 0 N–H and O–H groups in total. The van der Waals surface area contributed by atoms with E-state index in [4.69, 9.17) is 21.1 Å². The summed E-state index contributed by atoms with van der Waals surface area (Å²) in [6.07, 6.45) is 1.65. The molecule has 130 valence electrons. The van der Waals surface area contributed by atoms with Gasteiger partial charge in [0.15, 0.2) is 10.7 Å². The van der Waals surface area contributed by atoms with E-state index < -0.39 is 17.8 Å². The van der Waals surface area contributed by atoms with E-state index in [9.17, 15) is 14.0 Å². The minimum Gasteiger partial charge on any atom is -0.462 e. The summed E-state index contributed by atoms with van der Waals surface area (Å²) < 4.78 is 23.2. The molecule has 1 aromatic carbocycles. The lowest BCUT2D eigenvalue weighted by molar-refractivity contribution is -0.141. The molecule has 0 heterocycles. The molecule has 0 aliphatic heterocycles. The van der Waals surface area contributed by atoms with Crippen molar-refractivity contribution >= 4 is 29.2 Å². The van der Waals surface area contributed by atoms with Crippen molar-refractivity contribution in [3.05, 3.63) is 40.8 Å². The molecule has 0 atom stereocenters. The van der Waals surface area contributed by atoms with Crippen LogP contribution in [-0.2, 0) is 19.1 Å². The monoisotopic (exact) mass is 355 g/mol. The zero-order valence-electron chi connectivity index (χ0n) is 13.6. The smallest absolute Gasteiger partial charge is 0.356 e. The Morgan fingerprint density at radius 2 is 1.67 bits per heavy atom. The van der Waals surface area contributed by atoms with Crippen molar-refractivity contribution < 1.29 is 23.5 Å². The van der Waals surface area contributed by atoms with Crippen LogP contribution < -0.4 is 4.90 Å². The third kappa shape index (κ3) is 4.26. The van der Waals surface area contributed by atoms with Crippen molar-refractivity contribution in [3.63, 3.8) is 0 Å². The van der Waals surface area contributed by atoms with Crippen LogP contribution in [0.25, 0.3) is 0 Å². The Hall–Kier alpha value is -2.08. The molecular weight excluding hydrogens is 337 g/mol. The maximum absolute atomic E-state index is 13.2. The number of carbonyl (C=O) groups excluding carboxylic acids is 2. The van der Waals surface area contributed by atoms with Gasteiger partial charge >= 0.3 is 11.9 Å². The van der Waals surface area contributed by atoms with Crippen LogP contribution in [0.15, 0.2) is 35.0 Å². The van der Waals surface area contributed by atoms with E-state index in [0.717, 1.165) is 12.8 Å². The van der Waals surface area contributed by atoms with Gasteiger partial charge in [0.2, 0.25) is 0 Å². The second-order valence-corrected chi connectivity index (χ2v) is 5.56. The van der Waals surface area contributed by atoms with Gasteiger partial charge in [-0.15, -0.1) is 0 Å². The summed E-state index contributed by atoms with van der Waals surface area (Å²) in [4.78, 5) is 26.1. The molecular formula is C17H19ClFNO4. The zero-order chi connectivity index (χ0) is 17.7. The standard InChI is InChI=1S/C17H19ClFNO4/c1-3-23-16(21)14(18)15(17(22)24-4-2)20(13-9-10-13)12-7-5-11(19)6-8-12/h5-8,13H,3-4,9-10H2,1-2H3/b15-14-. The molecule has 0 bridgehead atoms. The van der Waals surface area contributed by atoms with Gasteiger partial charge in [0.25, 0.3) is 0 Å². The van der Waals surface area contributed by atoms with Gasteiger partial charge in [-0.3, -0.25) is 0 Å². The molecule has 0 aromatic heterocycles. The number of carbonyl (C=O) groups is 2. The Balaban J connectivity index is 2.49. The largest absolute Gasteiger partial charge is 0.462 e. The van der Waals surface area contributed by atoms with Gasteiger partial charge in [-0.25, -0.2) is 14.0 Å². The number of benzene rings is 1. The normalized spacial score (nSPS) is 14.7. The Labute approximate surface area is 145 Å². The summed E-state index contributed by atoms with van der Waals surface area (Å²) in [6.45, 7) is 3.57. The highest BCUT2D eigenvalue weighted by molar-refractivity contribution is 6.43. The van der Waals surface area contributed by atoms with E-state index in [1.54, 1.807) is 18.7 Å². The minimum atomic E-state index is -0.796. The number of hydrogen-bond acceptors (Lipinski definition) is 5. The quantitative estimate of drug-likeness (QED) is 0.554. The maximum Gasteiger partial charge on any atom is 0.356 e. The second kappa shape index (κ2) is 8.15. The maximum atomic E-state index is 13.2. The van der Waals surface area contributed by atoms with E-state index >= 15 is 0 Å². The van der Waals surface area contributed by atoms with Crippen LogP contribution in [0.1, 0.15) is 26.7 Å². The van der Waals surface area contributed by atoms with E-state index in [2.05, 4.69) is 0 Å². The van der Waals surface area contributed by atoms with Crippen LogP contribution in [0, 0.1) is 5.82 Å². The lowest BCUT2D eigenvalue weighted by Crippen LogP contribution is -2.33. The second-order valence-electron chi connectivity index (χ2n) is 5.18. The number of ether oxygens (including phenoxy) is 2. The molecule has 0 amide bonds. The Kier molecular flexibility index (Phi) is 6.20. The fraction of sp³-hybridized carbons (Fsp3) is 0.412. The number of esters is 2. The predicted octanol–water partition coefficient (Wildman–Crippen LogP) is 3.37. The Morgan fingerprint density at radius 3 is 2.17 bits per heavy atom. The first-order valence-corrected chi connectivity index (χ1v) is 8.16. The molecule has 7 heteroatoms. The molecule has 0 saturated heterocycles. The van der Waals surface area contributed by atoms with Crippen molar-refractivity contribution in [2.45, 2.75) is 32.7 Å². The Bertz CT molecular complexity index is 640. The van der Waals surface area contributed by atoms with Crippen LogP contribution in [0.4, 0.5) is 10.1 Å². The number of hydrogen-bond donors (Lipinski definition) is 0. The minimum absolute atomic E-state index is 0.00181. The first-order chi connectivity index (χ1) is 11.5. The summed E-state index contributed by atoms with van der Waals surface area (Å²) in [5.74, 6) is -1.91. The van der Waals surface area contributed by atoms with Gasteiger partial charge < -0.3 is 14.4 Å². The Morgan fingerprint density at radius 1 is 1.12 bits per heavy atom. The number of rotatable bonds is 7. The summed E-state index contributed by atoms with van der Waals surface area (Å²) in [6, 6.07) is 5.63. The van der Waals surface area contributed by atoms with Crippen molar-refractivity contribution in [3.8, 4) is 0 Å². The highest BCUT2D eigenvalue weighted by Crippen LogP contribution is 2.37. The van der Waals surface area contributed by atoms with E-state index in [-0.39, 0.29) is 30.0 Å². The van der Waals surface area contributed by atoms with Crippen LogP contribution in [-0.4, -0.2) is 31.2 Å². The van der Waals surface area contributed by atoms with Gasteiger partial charge in [-0.05, 0) is 51.0 Å². The first kappa shape index (κ1) is 18.3. The fourth-order valence-electron chi connectivity index (χ4n) is 2.24. The topological polar surface area (TPSA) is 55.8 Å². The molecule has 0 spiro atoms. The summed E-state index contributed by atoms with van der Waals surface area (Å²) in [5.41, 5.74) is 0.482. The van der Waals surface area contributed by atoms with Gasteiger partial charge in [0.05, 0.1) is 13.2 Å². The predicted molar refractivity (Wildman–Crippen MR) is 88.0 cm³/mol. The highest BCUT2D eigenvalue weighted by atomic mass is 35.5. The van der Waals surface area contributed by atoms with Crippen molar-refractivity contribution in [1.29, 1.82) is 0 Å². The van der Waals surface area contributed by atoms with Gasteiger partial charge in [-0.1, -0.05) is 11.6 Å². The summed E-state index contributed by atoms with van der Waals surface area (Å²) in [5, 5.41) is -0.341. The third-order valence-corrected chi connectivity index (χ3v) is 3.72. The van der Waals surface area contributed by atoms with E-state index in [1.165, 1.54) is 24.3 Å². The van der Waals surface area contributed by atoms with Crippen LogP contribution in [0.2, 0.25) is 0 Å². The third-order valence-electron chi connectivity index (χ3n) is 3.39. The molecule has 1 aromatic rings. The highest BCUT2D eigenvalue weighted by Gasteiger charge is 2.38. The zero-order valence-corrected chi connectivity index (χ0v) is 14.3. The first-order valence-electron chi connectivity index (χ1n) is 7.78. The molecule has 1 fully saturated rings. The number of halogens is 2. The summed E-state index contributed by atoms with van der Waals surface area (Å²) >= 11 is 6.14. The average molecular weight is 356 g/mol. The molecule has 24 heavy (non-hydrogen) atoms. The molecule has 0 unspecified atom stereocenters. The average Bonchev–Trinajstić information content (AvgIpc) is 3.38. The van der Waals surface area contributed by atoms with Crippen LogP contribution in [0.5, 0.6) is 0 Å². The lowest BCUT2D eigenvalue weighted by Gasteiger charge is -2.27. The SMILES string of the molecule is CCOC(=O)/C(Cl)=C(\C(=O)OCC)N(c1ccc(F)cc1)C1CC1. The molecule has 1 aliphatic rings. The van der Waals surface area contributed by atoms with Crippen molar-refractivity contribution in [2.24, 2.45) is 0 Å². The van der Waals surface area contributed by atoms with Gasteiger partial charge in [-0.2, -0.15) is 0 Å². The van der Waals surface area contributed by atoms with Crippen LogP contribution >= 0.6 is 11.6 Å². The molecule has 0 radical (unpaired) electrons. The molecule has 2 rings (SSSR count). The van der Waals surface area contributed by atoms with E-state index in [1.807, 2.05) is 0 Å². The fourth-order valence-corrected chi connectivity index (χ4v) is 2.46. The summed E-state index contributed by atoms with van der Waals surface area (Å²) in [7, 11) is 0. The van der Waals surface area contributed by atoms with Gasteiger partial charge in [0, 0.05) is 11.7 Å². The lowest BCUT2D eigenvalue weighted by atomic mass is 10.2. The molecule has 1 aliphatic carbocycles. The molecule has 5 nitrogen and oxygen atoms in total. The van der Waals surface area contributed by atoms with E-state index in [0.29, 0.717) is 5.69 Å². The van der Waals surface area contributed by atoms with Crippen LogP contribution in [0.3, 0.4) is 0 Å². The van der Waals surface area contributed by atoms with Crippen molar-refractivity contribution in [1.82, 2.24) is 0 Å². The molecule has 1 saturated carbocycles.